The minimum Gasteiger partial charge on any atom is -0.268 e. The lowest BCUT2D eigenvalue weighted by Gasteiger charge is -2.16. The monoisotopic (exact) mass is 486 g/mol. The van der Waals surface area contributed by atoms with E-state index < -0.39 is 11.8 Å². The molecular weight excluding hydrogens is 460 g/mol. The molecule has 0 saturated heterocycles. The number of carbonyl (C=O) groups excluding carboxylic acids is 2. The minimum absolute atomic E-state index is 0.276. The van der Waals surface area contributed by atoms with Crippen molar-refractivity contribution in [1.82, 2.24) is 14.8 Å². The van der Waals surface area contributed by atoms with E-state index in [4.69, 9.17) is 0 Å². The van der Waals surface area contributed by atoms with E-state index in [2.05, 4.69) is 42.1 Å². The highest BCUT2D eigenvalue weighted by Crippen LogP contribution is 2.34. The molecule has 3 aromatic carbocycles. The molecule has 0 radical (unpaired) electrons. The van der Waals surface area contributed by atoms with Gasteiger partial charge in [-0.3, -0.25) is 9.59 Å². The molecule has 1 aliphatic heterocycles. The van der Waals surface area contributed by atoms with Crippen molar-refractivity contribution in [2.24, 2.45) is 0 Å². The van der Waals surface area contributed by atoms with Gasteiger partial charge in [0.05, 0.1) is 16.9 Å². The second-order valence-electron chi connectivity index (χ2n) is 9.81. The van der Waals surface area contributed by atoms with Gasteiger partial charge < -0.3 is 0 Å². The van der Waals surface area contributed by atoms with Crippen LogP contribution in [0.25, 0.3) is 27.6 Å². The number of benzene rings is 3. The number of aryl methyl sites for hydroxylation is 5. The number of hydrogen-bond donors (Lipinski definition) is 0. The van der Waals surface area contributed by atoms with Gasteiger partial charge in [-0.05, 0) is 97.5 Å². The number of fused-ring (bicyclic) bond motifs is 2. The average molecular weight is 487 g/mol. The van der Waals surface area contributed by atoms with Gasteiger partial charge >= 0.3 is 0 Å². The molecule has 2 amide bonds. The Balaban J connectivity index is 1.43. The Bertz CT molecular complexity index is 1760. The predicted molar refractivity (Wildman–Crippen MR) is 146 cm³/mol. The predicted octanol–water partition coefficient (Wildman–Crippen LogP) is 6.43. The molecule has 1 aliphatic rings. The van der Waals surface area contributed by atoms with E-state index in [1.54, 1.807) is 23.9 Å². The smallest absolute Gasteiger partial charge is 0.268 e. The zero-order valence-electron chi connectivity index (χ0n) is 21.5. The molecule has 2 aromatic heterocycles. The van der Waals surface area contributed by atoms with Gasteiger partial charge in [0.15, 0.2) is 0 Å². The zero-order valence-corrected chi connectivity index (χ0v) is 21.5. The Morgan fingerprint density at radius 2 is 1.38 bits per heavy atom. The fraction of sp³-hybridized carbons (Fsp3) is 0.161. The van der Waals surface area contributed by atoms with Crippen LogP contribution in [0.15, 0.2) is 66.9 Å². The molecule has 0 aliphatic carbocycles. The molecule has 5 aromatic rings. The fourth-order valence-electron chi connectivity index (χ4n) is 5.15. The fourth-order valence-corrected chi connectivity index (χ4v) is 5.15. The van der Waals surface area contributed by atoms with Crippen LogP contribution in [0.4, 0.5) is 5.82 Å². The maximum absolute atomic E-state index is 13.7. The summed E-state index contributed by atoms with van der Waals surface area (Å²) in [4.78, 5) is 32.8. The van der Waals surface area contributed by atoms with Gasteiger partial charge in [0.2, 0.25) is 0 Å². The van der Waals surface area contributed by atoms with Crippen LogP contribution in [0.1, 0.15) is 48.8 Å². The van der Waals surface area contributed by atoms with Gasteiger partial charge in [-0.2, -0.15) is 5.10 Å². The second-order valence-corrected chi connectivity index (χ2v) is 9.81. The summed E-state index contributed by atoms with van der Waals surface area (Å²) in [6.45, 7) is 9.99. The van der Waals surface area contributed by atoms with Crippen LogP contribution in [0.5, 0.6) is 0 Å². The van der Waals surface area contributed by atoms with Crippen molar-refractivity contribution < 1.29 is 9.59 Å². The largest absolute Gasteiger partial charge is 0.286 e. The number of carbonyl (C=O) groups is 2. The lowest BCUT2D eigenvalue weighted by Crippen LogP contribution is -2.31. The molecular formula is C31H26N4O2. The number of hydrogen-bond acceptors (Lipinski definition) is 4. The standard InChI is InChI=1S/C31H26N4O2/c1-17-8-6-7-9-25(17)22-10-11-27(32-16-22)34-30(36)28-21(5)33-35(29(28)31(34)37)26-15-24-13-19(3)18(2)12-23(24)14-20(26)4/h6-16H,1-5H3. The molecule has 0 saturated carbocycles. The number of nitrogens with zero attached hydrogens (tertiary/aromatic N) is 4. The zero-order chi connectivity index (χ0) is 26.0. The number of pyridine rings is 1. The van der Waals surface area contributed by atoms with E-state index in [9.17, 15) is 9.59 Å². The number of rotatable bonds is 3. The highest BCUT2D eigenvalue weighted by Gasteiger charge is 2.43. The average Bonchev–Trinajstić information content (AvgIpc) is 3.35. The third kappa shape index (κ3) is 3.48. The SMILES string of the molecule is Cc1cc2cc(C)c(-n3nc(C)c4c3C(=O)N(c3ccc(-c5ccccc5C)cn3)C4=O)cc2cc1C. The normalized spacial score (nSPS) is 13.1. The minimum atomic E-state index is -0.420. The van der Waals surface area contributed by atoms with Crippen molar-refractivity contribution >= 4 is 28.4 Å². The Kier molecular flexibility index (Phi) is 5.09. The number of imide groups is 1. The second kappa shape index (κ2) is 8.23. The first-order valence-corrected chi connectivity index (χ1v) is 12.3. The third-order valence-corrected chi connectivity index (χ3v) is 7.31. The molecule has 6 rings (SSSR count). The van der Waals surface area contributed by atoms with Crippen molar-refractivity contribution in [3.63, 3.8) is 0 Å². The summed E-state index contributed by atoms with van der Waals surface area (Å²) < 4.78 is 1.62. The van der Waals surface area contributed by atoms with Gasteiger partial charge in [0, 0.05) is 11.8 Å². The highest BCUT2D eigenvalue weighted by molar-refractivity contribution is 6.34. The highest BCUT2D eigenvalue weighted by atomic mass is 16.2. The van der Waals surface area contributed by atoms with Crippen LogP contribution in [-0.4, -0.2) is 26.6 Å². The Labute approximate surface area is 215 Å². The van der Waals surface area contributed by atoms with Crippen molar-refractivity contribution in [3.05, 3.63) is 106 Å². The molecule has 0 atom stereocenters. The van der Waals surface area contributed by atoms with Crippen LogP contribution < -0.4 is 4.90 Å². The third-order valence-electron chi connectivity index (χ3n) is 7.31. The van der Waals surface area contributed by atoms with E-state index in [0.717, 1.165) is 43.6 Å². The van der Waals surface area contributed by atoms with Gasteiger partial charge in [0.25, 0.3) is 11.8 Å². The van der Waals surface area contributed by atoms with Gasteiger partial charge in [-0.25, -0.2) is 14.6 Å². The van der Waals surface area contributed by atoms with E-state index in [0.29, 0.717) is 17.1 Å². The summed E-state index contributed by atoms with van der Waals surface area (Å²) in [6.07, 6.45) is 1.71. The van der Waals surface area contributed by atoms with E-state index in [1.165, 1.54) is 11.1 Å². The Morgan fingerprint density at radius 1 is 0.703 bits per heavy atom. The Morgan fingerprint density at radius 3 is 2.05 bits per heavy atom. The molecule has 0 N–H and O–H groups in total. The van der Waals surface area contributed by atoms with Crippen molar-refractivity contribution in [2.45, 2.75) is 34.6 Å². The summed E-state index contributed by atoms with van der Waals surface area (Å²) in [7, 11) is 0. The van der Waals surface area contributed by atoms with E-state index >= 15 is 0 Å². The van der Waals surface area contributed by atoms with Crippen molar-refractivity contribution in [3.8, 4) is 16.8 Å². The Hall–Kier alpha value is -4.58. The van der Waals surface area contributed by atoms with Crippen LogP contribution in [-0.2, 0) is 0 Å². The molecule has 3 heterocycles. The van der Waals surface area contributed by atoms with Crippen LogP contribution in [0.2, 0.25) is 0 Å². The van der Waals surface area contributed by atoms with E-state index in [1.807, 2.05) is 50.2 Å². The summed E-state index contributed by atoms with van der Waals surface area (Å²) >= 11 is 0. The maximum atomic E-state index is 13.7. The molecule has 37 heavy (non-hydrogen) atoms. The van der Waals surface area contributed by atoms with Gasteiger partial charge in [0.1, 0.15) is 11.5 Å². The molecule has 0 fully saturated rings. The van der Waals surface area contributed by atoms with Crippen molar-refractivity contribution in [1.29, 1.82) is 0 Å². The topological polar surface area (TPSA) is 68.1 Å². The van der Waals surface area contributed by atoms with E-state index in [-0.39, 0.29) is 5.69 Å². The molecule has 6 heteroatoms. The lowest BCUT2D eigenvalue weighted by molar-refractivity contribution is 0.0921. The quantitative estimate of drug-likeness (QED) is 0.276. The first-order chi connectivity index (χ1) is 17.7. The first kappa shape index (κ1) is 22.9. The van der Waals surface area contributed by atoms with Crippen LogP contribution in [0, 0.1) is 34.6 Å². The summed E-state index contributed by atoms with van der Waals surface area (Å²) in [5.41, 5.74) is 8.43. The molecule has 0 unspecified atom stereocenters. The van der Waals surface area contributed by atoms with Gasteiger partial charge in [-0.1, -0.05) is 36.4 Å². The first-order valence-electron chi connectivity index (χ1n) is 12.3. The van der Waals surface area contributed by atoms with Gasteiger partial charge in [-0.15, -0.1) is 0 Å². The van der Waals surface area contributed by atoms with Crippen LogP contribution >= 0.6 is 0 Å². The summed E-state index contributed by atoms with van der Waals surface area (Å²) in [5, 5.41) is 6.82. The number of anilines is 1. The molecule has 182 valence electrons. The molecule has 0 bridgehead atoms. The molecule has 6 nitrogen and oxygen atoms in total. The number of amides is 2. The molecule has 0 spiro atoms. The summed E-state index contributed by atoms with van der Waals surface area (Å²) in [6, 6.07) is 20.1. The number of aromatic nitrogens is 3. The summed E-state index contributed by atoms with van der Waals surface area (Å²) in [5.74, 6) is -0.517. The van der Waals surface area contributed by atoms with Crippen LogP contribution in [0.3, 0.4) is 0 Å². The lowest BCUT2D eigenvalue weighted by atomic mass is 10.00. The maximum Gasteiger partial charge on any atom is 0.286 e. The van der Waals surface area contributed by atoms with Crippen molar-refractivity contribution in [2.75, 3.05) is 4.90 Å².